The third-order valence-electron chi connectivity index (χ3n) is 1.75. The van der Waals surface area contributed by atoms with Crippen molar-refractivity contribution in [2.24, 2.45) is 0 Å². The molecule has 1 N–H and O–H groups in total. The molecule has 0 unspecified atom stereocenters. The average Bonchev–Trinajstić information content (AvgIpc) is 2.15. The van der Waals surface area contributed by atoms with Crippen molar-refractivity contribution in [3.8, 4) is 5.75 Å². The zero-order valence-corrected chi connectivity index (χ0v) is 8.64. The van der Waals surface area contributed by atoms with Crippen molar-refractivity contribution in [1.29, 1.82) is 0 Å². The molecule has 0 heterocycles. The molecule has 2 nitrogen and oxygen atoms in total. The lowest BCUT2D eigenvalue weighted by Crippen LogP contribution is -1.97. The van der Waals surface area contributed by atoms with Crippen molar-refractivity contribution in [1.82, 2.24) is 0 Å². The highest BCUT2D eigenvalue weighted by Crippen LogP contribution is 2.32. The first-order valence-electron chi connectivity index (χ1n) is 3.87. The molecule has 5 heteroatoms. The van der Waals surface area contributed by atoms with Gasteiger partial charge < -0.3 is 9.90 Å². The van der Waals surface area contributed by atoms with Crippen molar-refractivity contribution >= 4 is 22.2 Å². The lowest BCUT2D eigenvalue weighted by molar-refractivity contribution is -0.107. The highest BCUT2D eigenvalue weighted by atomic mass is 79.9. The van der Waals surface area contributed by atoms with Gasteiger partial charge in [0, 0.05) is 12.0 Å². The molecule has 1 aromatic carbocycles. The van der Waals surface area contributed by atoms with E-state index >= 15 is 0 Å². The summed E-state index contributed by atoms with van der Waals surface area (Å²) in [7, 11) is 0. The summed E-state index contributed by atoms with van der Waals surface area (Å²) in [5, 5.41) is 9.36. The van der Waals surface area contributed by atoms with Gasteiger partial charge in [-0.25, -0.2) is 8.78 Å². The molecule has 1 rings (SSSR count). The number of hydrogen-bond acceptors (Lipinski definition) is 2. The molecule has 0 bridgehead atoms. The minimum atomic E-state index is -1.10. The number of rotatable bonds is 3. The zero-order valence-electron chi connectivity index (χ0n) is 7.06. The maximum atomic E-state index is 13.1. The van der Waals surface area contributed by atoms with E-state index in [1.807, 2.05) is 0 Å². The molecular formula is C9H7BrF2O2. The van der Waals surface area contributed by atoms with Gasteiger partial charge in [0.25, 0.3) is 0 Å². The van der Waals surface area contributed by atoms with E-state index < -0.39 is 11.6 Å². The fraction of sp³-hybridized carbons (Fsp3) is 0.222. The van der Waals surface area contributed by atoms with Crippen LogP contribution in [0.15, 0.2) is 10.5 Å². The van der Waals surface area contributed by atoms with Gasteiger partial charge in [-0.05, 0) is 28.4 Å². The molecule has 0 amide bonds. The van der Waals surface area contributed by atoms with Crippen LogP contribution >= 0.6 is 15.9 Å². The Morgan fingerprint density at radius 1 is 1.50 bits per heavy atom. The molecule has 0 radical (unpaired) electrons. The number of phenolic OH excluding ortho intramolecular Hbond substituents is 1. The summed E-state index contributed by atoms with van der Waals surface area (Å²) in [5.41, 5.74) is -0.177. The predicted molar refractivity (Wildman–Crippen MR) is 50.1 cm³/mol. The Morgan fingerprint density at radius 2 is 2.14 bits per heavy atom. The molecule has 0 aromatic heterocycles. The van der Waals surface area contributed by atoms with Crippen LogP contribution in [0.3, 0.4) is 0 Å². The van der Waals surface area contributed by atoms with Gasteiger partial charge in [-0.1, -0.05) is 0 Å². The van der Waals surface area contributed by atoms with Crippen LogP contribution in [0.2, 0.25) is 0 Å². The van der Waals surface area contributed by atoms with E-state index in [2.05, 4.69) is 15.9 Å². The molecule has 0 saturated carbocycles. The van der Waals surface area contributed by atoms with Gasteiger partial charge in [-0.15, -0.1) is 0 Å². The highest BCUT2D eigenvalue weighted by molar-refractivity contribution is 9.10. The first-order valence-corrected chi connectivity index (χ1v) is 4.66. The largest absolute Gasteiger partial charge is 0.506 e. The molecule has 0 aliphatic rings. The number of benzene rings is 1. The molecule has 76 valence electrons. The van der Waals surface area contributed by atoms with Gasteiger partial charge in [0.05, 0.1) is 4.47 Å². The van der Waals surface area contributed by atoms with Crippen LogP contribution in [-0.2, 0) is 11.2 Å². The Labute approximate surface area is 87.7 Å². The Kier molecular flexibility index (Phi) is 3.57. The Morgan fingerprint density at radius 3 is 2.71 bits per heavy atom. The van der Waals surface area contributed by atoms with E-state index in [-0.39, 0.29) is 28.6 Å². The number of phenols is 1. The van der Waals surface area contributed by atoms with E-state index in [0.717, 1.165) is 6.07 Å². The molecule has 0 fully saturated rings. The summed E-state index contributed by atoms with van der Waals surface area (Å²) < 4.78 is 26.0. The van der Waals surface area contributed by atoms with Crippen molar-refractivity contribution in [3.63, 3.8) is 0 Å². The van der Waals surface area contributed by atoms with Crippen molar-refractivity contribution in [2.75, 3.05) is 0 Å². The highest BCUT2D eigenvalue weighted by Gasteiger charge is 2.16. The summed E-state index contributed by atoms with van der Waals surface area (Å²) >= 11 is 2.88. The minimum Gasteiger partial charge on any atom is -0.506 e. The van der Waals surface area contributed by atoms with Crippen LogP contribution in [0.1, 0.15) is 12.0 Å². The molecule has 1 aromatic rings. The molecule has 0 saturated heterocycles. The first-order chi connectivity index (χ1) is 6.57. The van der Waals surface area contributed by atoms with Gasteiger partial charge in [-0.2, -0.15) is 0 Å². The maximum Gasteiger partial charge on any atom is 0.165 e. The number of aldehydes is 1. The van der Waals surface area contributed by atoms with Crippen LogP contribution < -0.4 is 0 Å². The summed E-state index contributed by atoms with van der Waals surface area (Å²) in [5.74, 6) is -2.51. The van der Waals surface area contributed by atoms with Gasteiger partial charge in [0.2, 0.25) is 0 Å². The van der Waals surface area contributed by atoms with Crippen LogP contribution in [0, 0.1) is 11.6 Å². The van der Waals surface area contributed by atoms with Gasteiger partial charge in [-0.3, -0.25) is 0 Å². The monoisotopic (exact) mass is 264 g/mol. The summed E-state index contributed by atoms with van der Waals surface area (Å²) in [6, 6.07) is 0.842. The fourth-order valence-electron chi connectivity index (χ4n) is 1.07. The van der Waals surface area contributed by atoms with Gasteiger partial charge in [0.15, 0.2) is 11.6 Å². The summed E-state index contributed by atoms with van der Waals surface area (Å²) in [4.78, 5) is 10.1. The van der Waals surface area contributed by atoms with E-state index in [1.54, 1.807) is 0 Å². The van der Waals surface area contributed by atoms with Gasteiger partial charge in [0.1, 0.15) is 12.0 Å². The van der Waals surface area contributed by atoms with Crippen LogP contribution in [0.25, 0.3) is 0 Å². The summed E-state index contributed by atoms with van der Waals surface area (Å²) in [6.07, 6.45) is 0.607. The number of hydrogen-bond donors (Lipinski definition) is 1. The third kappa shape index (κ3) is 2.09. The lowest BCUT2D eigenvalue weighted by atomic mass is 10.1. The van der Waals surface area contributed by atoms with Crippen molar-refractivity contribution in [2.45, 2.75) is 12.8 Å². The molecule has 14 heavy (non-hydrogen) atoms. The van der Waals surface area contributed by atoms with E-state index in [1.165, 1.54) is 0 Å². The van der Waals surface area contributed by atoms with E-state index in [0.29, 0.717) is 6.29 Å². The average molecular weight is 265 g/mol. The summed E-state index contributed by atoms with van der Waals surface area (Å²) in [6.45, 7) is 0. The number of carbonyl (C=O) groups excluding carboxylic acids is 1. The molecule has 0 aliphatic carbocycles. The molecule has 0 atom stereocenters. The van der Waals surface area contributed by atoms with Crippen LogP contribution in [0.5, 0.6) is 5.75 Å². The van der Waals surface area contributed by atoms with Crippen molar-refractivity contribution < 1.29 is 18.7 Å². The number of halogens is 3. The smallest absolute Gasteiger partial charge is 0.165 e. The van der Waals surface area contributed by atoms with Crippen LogP contribution in [0.4, 0.5) is 8.78 Å². The fourth-order valence-corrected chi connectivity index (χ4v) is 1.51. The minimum absolute atomic E-state index is 0.0163. The van der Waals surface area contributed by atoms with Crippen LogP contribution in [-0.4, -0.2) is 11.4 Å². The topological polar surface area (TPSA) is 37.3 Å². The predicted octanol–water partition coefficient (Wildman–Crippen LogP) is 2.56. The van der Waals surface area contributed by atoms with E-state index in [4.69, 9.17) is 0 Å². The van der Waals surface area contributed by atoms with E-state index in [9.17, 15) is 18.7 Å². The molecular weight excluding hydrogens is 258 g/mol. The van der Waals surface area contributed by atoms with Gasteiger partial charge >= 0.3 is 0 Å². The second kappa shape index (κ2) is 4.50. The molecule has 0 spiro atoms. The maximum absolute atomic E-state index is 13.1. The molecule has 0 aliphatic heterocycles. The second-order valence-electron chi connectivity index (χ2n) is 2.69. The Bertz CT molecular complexity index is 340. The number of carbonyl (C=O) groups is 1. The SMILES string of the molecule is O=CCCc1c(O)c(Br)cc(F)c1F. The Hall–Kier alpha value is -0.970. The second-order valence-corrected chi connectivity index (χ2v) is 3.54. The lowest BCUT2D eigenvalue weighted by Gasteiger charge is -2.06. The normalized spacial score (nSPS) is 10.2. The van der Waals surface area contributed by atoms with Crippen molar-refractivity contribution in [3.05, 3.63) is 27.7 Å². The number of aromatic hydroxyl groups is 1. The zero-order chi connectivity index (χ0) is 10.7. The Balaban J connectivity index is 3.17. The first kappa shape index (κ1) is 11.1. The quantitative estimate of drug-likeness (QED) is 0.673. The standard InChI is InChI=1S/C9H7BrF2O2/c10-6-4-7(11)8(12)5(9(6)14)2-1-3-13/h3-4,14H,1-2H2. The third-order valence-corrected chi connectivity index (χ3v) is 2.36.